The molecule has 0 amide bonds. The SMILES string of the molecule is CCOc1ccc(NC(=NC)NCc2cnc(C)s2)cc1OC. The second-order valence-corrected chi connectivity index (χ2v) is 6.01. The molecule has 2 aromatic rings. The zero-order valence-corrected chi connectivity index (χ0v) is 14.7. The van der Waals surface area contributed by atoms with Gasteiger partial charge in [-0.3, -0.25) is 4.99 Å². The van der Waals surface area contributed by atoms with Gasteiger partial charge in [-0.2, -0.15) is 0 Å². The van der Waals surface area contributed by atoms with Gasteiger partial charge in [-0.1, -0.05) is 0 Å². The second kappa shape index (κ2) is 8.38. The van der Waals surface area contributed by atoms with Gasteiger partial charge in [-0.15, -0.1) is 11.3 Å². The standard InChI is InChI=1S/C16H22N4O2S/c1-5-22-14-7-6-12(8-15(14)21-4)20-16(17-3)19-10-13-9-18-11(2)23-13/h6-9H,5,10H2,1-4H3,(H2,17,19,20). The quantitative estimate of drug-likeness (QED) is 0.628. The smallest absolute Gasteiger partial charge is 0.195 e. The Balaban J connectivity index is 2.01. The number of aliphatic imine (C=N–C) groups is 1. The van der Waals surface area contributed by atoms with E-state index in [-0.39, 0.29) is 0 Å². The lowest BCUT2D eigenvalue weighted by Gasteiger charge is -2.14. The molecule has 23 heavy (non-hydrogen) atoms. The highest BCUT2D eigenvalue weighted by molar-refractivity contribution is 7.11. The number of aryl methyl sites for hydroxylation is 1. The highest BCUT2D eigenvalue weighted by atomic mass is 32.1. The molecule has 0 aliphatic carbocycles. The van der Waals surface area contributed by atoms with Crippen LogP contribution in [0.25, 0.3) is 0 Å². The fraction of sp³-hybridized carbons (Fsp3) is 0.375. The minimum absolute atomic E-state index is 0.598. The number of methoxy groups -OCH3 is 1. The summed E-state index contributed by atoms with van der Waals surface area (Å²) >= 11 is 1.67. The minimum atomic E-state index is 0.598. The molecule has 1 aromatic heterocycles. The largest absolute Gasteiger partial charge is 0.493 e. The summed E-state index contributed by atoms with van der Waals surface area (Å²) in [6.07, 6.45) is 1.88. The molecule has 0 fully saturated rings. The van der Waals surface area contributed by atoms with Gasteiger partial charge in [0, 0.05) is 29.9 Å². The number of nitrogens with zero attached hydrogens (tertiary/aromatic N) is 2. The number of anilines is 1. The maximum absolute atomic E-state index is 5.52. The van der Waals surface area contributed by atoms with Crippen molar-refractivity contribution in [2.45, 2.75) is 20.4 Å². The van der Waals surface area contributed by atoms with Crippen LogP contribution in [0.5, 0.6) is 11.5 Å². The first-order valence-corrected chi connectivity index (χ1v) is 8.17. The summed E-state index contributed by atoms with van der Waals surface area (Å²) in [5.41, 5.74) is 0.874. The van der Waals surface area contributed by atoms with Crippen LogP contribution in [0.2, 0.25) is 0 Å². The van der Waals surface area contributed by atoms with Gasteiger partial charge in [0.2, 0.25) is 0 Å². The van der Waals surface area contributed by atoms with Crippen molar-refractivity contribution in [3.63, 3.8) is 0 Å². The molecule has 0 saturated carbocycles. The van der Waals surface area contributed by atoms with E-state index in [1.54, 1.807) is 25.5 Å². The van der Waals surface area contributed by atoms with Crippen molar-refractivity contribution in [3.8, 4) is 11.5 Å². The summed E-state index contributed by atoms with van der Waals surface area (Å²) in [5, 5.41) is 7.56. The number of rotatable bonds is 6. The summed E-state index contributed by atoms with van der Waals surface area (Å²) in [6, 6.07) is 5.69. The Kier molecular flexibility index (Phi) is 6.22. The molecule has 2 rings (SSSR count). The van der Waals surface area contributed by atoms with Crippen molar-refractivity contribution < 1.29 is 9.47 Å². The number of ether oxygens (including phenoxy) is 2. The molecule has 7 heteroatoms. The normalized spacial score (nSPS) is 11.2. The van der Waals surface area contributed by atoms with Crippen molar-refractivity contribution in [2.24, 2.45) is 4.99 Å². The fourth-order valence-electron chi connectivity index (χ4n) is 1.99. The van der Waals surface area contributed by atoms with Crippen LogP contribution >= 0.6 is 11.3 Å². The predicted octanol–water partition coefficient (Wildman–Crippen LogP) is 3.05. The van der Waals surface area contributed by atoms with Gasteiger partial charge < -0.3 is 20.1 Å². The Hall–Kier alpha value is -2.28. The zero-order valence-electron chi connectivity index (χ0n) is 13.8. The molecule has 0 spiro atoms. The lowest BCUT2D eigenvalue weighted by molar-refractivity contribution is 0.311. The first-order chi connectivity index (χ1) is 11.2. The van der Waals surface area contributed by atoms with Crippen LogP contribution in [0.3, 0.4) is 0 Å². The first kappa shape index (κ1) is 17.1. The molecule has 0 radical (unpaired) electrons. The summed E-state index contributed by atoms with van der Waals surface area (Å²) in [5.74, 6) is 2.09. The van der Waals surface area contributed by atoms with E-state index in [2.05, 4.69) is 20.6 Å². The molecule has 0 unspecified atom stereocenters. The van der Waals surface area contributed by atoms with Crippen molar-refractivity contribution in [2.75, 3.05) is 26.1 Å². The Morgan fingerprint density at radius 3 is 2.78 bits per heavy atom. The molecule has 0 aliphatic heterocycles. The van der Waals surface area contributed by atoms with Crippen LogP contribution in [-0.4, -0.2) is 31.7 Å². The summed E-state index contributed by atoms with van der Waals surface area (Å²) in [6.45, 7) is 5.21. The highest BCUT2D eigenvalue weighted by Crippen LogP contribution is 2.30. The molecule has 6 nitrogen and oxygen atoms in total. The number of benzene rings is 1. The molecule has 1 heterocycles. The van der Waals surface area contributed by atoms with Gasteiger partial charge in [-0.25, -0.2) is 4.98 Å². The van der Waals surface area contributed by atoms with Gasteiger partial charge >= 0.3 is 0 Å². The number of hydrogen-bond acceptors (Lipinski definition) is 5. The van der Waals surface area contributed by atoms with Crippen LogP contribution in [0.4, 0.5) is 5.69 Å². The van der Waals surface area contributed by atoms with E-state index in [0.717, 1.165) is 21.3 Å². The lowest BCUT2D eigenvalue weighted by Crippen LogP contribution is -2.29. The maximum atomic E-state index is 5.52. The fourth-order valence-corrected chi connectivity index (χ4v) is 2.73. The predicted molar refractivity (Wildman–Crippen MR) is 94.8 cm³/mol. The third kappa shape index (κ3) is 4.85. The molecule has 0 atom stereocenters. The molecule has 0 bridgehead atoms. The molecular formula is C16H22N4O2S. The molecule has 2 N–H and O–H groups in total. The van der Waals surface area contributed by atoms with E-state index in [0.29, 0.717) is 24.9 Å². The average molecular weight is 334 g/mol. The Morgan fingerprint density at radius 1 is 1.35 bits per heavy atom. The number of thiazole rings is 1. The van der Waals surface area contributed by atoms with Gasteiger partial charge in [0.25, 0.3) is 0 Å². The van der Waals surface area contributed by atoms with Crippen LogP contribution in [-0.2, 0) is 6.54 Å². The monoisotopic (exact) mass is 334 g/mol. The minimum Gasteiger partial charge on any atom is -0.493 e. The van der Waals surface area contributed by atoms with Crippen LogP contribution in [0.15, 0.2) is 29.4 Å². The maximum Gasteiger partial charge on any atom is 0.195 e. The van der Waals surface area contributed by atoms with E-state index in [1.165, 1.54) is 0 Å². The van der Waals surface area contributed by atoms with Crippen LogP contribution in [0.1, 0.15) is 16.8 Å². The summed E-state index contributed by atoms with van der Waals surface area (Å²) in [7, 11) is 3.36. The first-order valence-electron chi connectivity index (χ1n) is 7.36. The Labute approximate surface area is 140 Å². The summed E-state index contributed by atoms with van der Waals surface area (Å²) < 4.78 is 10.9. The van der Waals surface area contributed by atoms with Gasteiger partial charge in [0.05, 0.1) is 25.3 Å². The number of guanidine groups is 1. The van der Waals surface area contributed by atoms with Gasteiger partial charge in [-0.05, 0) is 26.0 Å². The van der Waals surface area contributed by atoms with Crippen LogP contribution < -0.4 is 20.1 Å². The third-order valence-corrected chi connectivity index (χ3v) is 3.96. The second-order valence-electron chi connectivity index (χ2n) is 4.70. The zero-order chi connectivity index (χ0) is 16.7. The molecule has 0 aliphatic rings. The van der Waals surface area contributed by atoms with Crippen molar-refractivity contribution in [1.29, 1.82) is 0 Å². The highest BCUT2D eigenvalue weighted by Gasteiger charge is 2.07. The van der Waals surface area contributed by atoms with E-state index >= 15 is 0 Å². The molecular weight excluding hydrogens is 312 g/mol. The van der Waals surface area contributed by atoms with E-state index in [9.17, 15) is 0 Å². The van der Waals surface area contributed by atoms with Gasteiger partial charge in [0.1, 0.15) is 0 Å². The molecule has 0 saturated heterocycles. The van der Waals surface area contributed by atoms with Crippen molar-refractivity contribution in [1.82, 2.24) is 10.3 Å². The van der Waals surface area contributed by atoms with Crippen molar-refractivity contribution >= 4 is 23.0 Å². The van der Waals surface area contributed by atoms with Gasteiger partial charge in [0.15, 0.2) is 17.5 Å². The van der Waals surface area contributed by atoms with E-state index in [1.807, 2.05) is 38.2 Å². The Bertz CT molecular complexity index is 670. The number of nitrogens with one attached hydrogen (secondary N) is 2. The molecule has 1 aromatic carbocycles. The Morgan fingerprint density at radius 2 is 2.17 bits per heavy atom. The molecule has 124 valence electrons. The number of aromatic nitrogens is 1. The van der Waals surface area contributed by atoms with Crippen LogP contribution in [0, 0.1) is 6.92 Å². The lowest BCUT2D eigenvalue weighted by atomic mass is 10.2. The van der Waals surface area contributed by atoms with Crippen molar-refractivity contribution in [3.05, 3.63) is 34.3 Å². The topological polar surface area (TPSA) is 67.8 Å². The summed E-state index contributed by atoms with van der Waals surface area (Å²) in [4.78, 5) is 9.63. The average Bonchev–Trinajstić information content (AvgIpc) is 2.98. The third-order valence-electron chi connectivity index (χ3n) is 3.05. The van der Waals surface area contributed by atoms with E-state index in [4.69, 9.17) is 9.47 Å². The number of hydrogen-bond donors (Lipinski definition) is 2. The van der Waals surface area contributed by atoms with E-state index < -0.39 is 0 Å².